The molecule has 0 aromatic rings. The van der Waals surface area contributed by atoms with Crippen molar-refractivity contribution in [3.05, 3.63) is 0 Å². The molecule has 2 N–H and O–H groups in total. The van der Waals surface area contributed by atoms with Crippen molar-refractivity contribution < 1.29 is 4.79 Å². The van der Waals surface area contributed by atoms with Crippen LogP contribution in [-0.2, 0) is 4.79 Å². The molecule has 4 heteroatoms. The van der Waals surface area contributed by atoms with E-state index in [9.17, 15) is 4.79 Å². The zero-order chi connectivity index (χ0) is 11.6. The van der Waals surface area contributed by atoms with E-state index >= 15 is 0 Å². The molecule has 0 bridgehead atoms. The number of aliphatic imine (C=N–C) groups is 1. The molecule has 2 fully saturated rings. The molecule has 2 aliphatic rings. The summed E-state index contributed by atoms with van der Waals surface area (Å²) >= 11 is 0. The molecule has 2 rings (SSSR count). The zero-order valence-electron chi connectivity index (χ0n) is 10.2. The minimum atomic E-state index is -0.370. The minimum Gasteiger partial charge on any atom is -0.341 e. The van der Waals surface area contributed by atoms with E-state index in [1.54, 1.807) is 0 Å². The van der Waals surface area contributed by atoms with Gasteiger partial charge in [0.15, 0.2) is 5.96 Å². The average molecular weight is 223 g/mol. The Balaban J connectivity index is 2.13. The fraction of sp³-hybridized carbons (Fsp3) is 0.833. The number of rotatable bonds is 2. The Labute approximate surface area is 96.9 Å². The van der Waals surface area contributed by atoms with Crippen LogP contribution in [-0.4, -0.2) is 24.0 Å². The van der Waals surface area contributed by atoms with Crippen molar-refractivity contribution in [3.63, 3.8) is 0 Å². The maximum Gasteiger partial charge on any atom is 0.252 e. The lowest BCUT2D eigenvalue weighted by Crippen LogP contribution is -2.53. The first-order valence-electron chi connectivity index (χ1n) is 6.33. The molecule has 1 saturated heterocycles. The molecule has 1 heterocycles. The Hall–Kier alpha value is -1.06. The predicted octanol–water partition coefficient (Wildman–Crippen LogP) is 1.42. The van der Waals surface area contributed by atoms with E-state index in [-0.39, 0.29) is 11.4 Å². The first-order chi connectivity index (χ1) is 7.69. The van der Waals surface area contributed by atoms with Crippen molar-refractivity contribution in [2.45, 2.75) is 51.5 Å². The fourth-order valence-corrected chi connectivity index (χ4v) is 2.69. The Morgan fingerprint density at radius 1 is 1.50 bits per heavy atom. The average Bonchev–Trinajstić information content (AvgIpc) is 2.58. The van der Waals surface area contributed by atoms with Crippen LogP contribution in [0.5, 0.6) is 0 Å². The lowest BCUT2D eigenvalue weighted by Gasteiger charge is -2.36. The fourth-order valence-electron chi connectivity index (χ4n) is 2.69. The molecule has 1 spiro atoms. The van der Waals surface area contributed by atoms with Gasteiger partial charge in [-0.05, 0) is 25.2 Å². The molecule has 0 aromatic carbocycles. The van der Waals surface area contributed by atoms with Crippen molar-refractivity contribution in [3.8, 4) is 0 Å². The van der Waals surface area contributed by atoms with Crippen LogP contribution in [0.3, 0.4) is 0 Å². The van der Waals surface area contributed by atoms with Crippen LogP contribution < -0.4 is 10.6 Å². The maximum atomic E-state index is 12.1. The van der Waals surface area contributed by atoms with E-state index < -0.39 is 0 Å². The Bertz CT molecular complexity index is 313. The second-order valence-electron chi connectivity index (χ2n) is 4.93. The molecule has 1 amide bonds. The third kappa shape index (κ3) is 1.81. The van der Waals surface area contributed by atoms with Crippen molar-refractivity contribution in [1.82, 2.24) is 10.6 Å². The van der Waals surface area contributed by atoms with Crippen molar-refractivity contribution in [1.29, 1.82) is 0 Å². The van der Waals surface area contributed by atoms with E-state index in [2.05, 4.69) is 29.5 Å². The summed E-state index contributed by atoms with van der Waals surface area (Å²) in [5, 5.41) is 6.21. The maximum absolute atomic E-state index is 12.1. The van der Waals surface area contributed by atoms with Gasteiger partial charge in [-0.3, -0.25) is 15.1 Å². The molecule has 1 aliphatic heterocycles. The van der Waals surface area contributed by atoms with E-state index in [4.69, 9.17) is 0 Å². The highest BCUT2D eigenvalue weighted by Crippen LogP contribution is 2.35. The SMILES string of the molecule is CCCN=C1NC(=O)C2(CCCCC2C)N1. The molecule has 1 aliphatic carbocycles. The first kappa shape index (κ1) is 11.4. The molecular formula is C12H21N3O. The van der Waals surface area contributed by atoms with Crippen molar-refractivity contribution in [2.75, 3.05) is 6.54 Å². The molecule has 1 saturated carbocycles. The predicted molar refractivity (Wildman–Crippen MR) is 64.2 cm³/mol. The number of hydrogen-bond donors (Lipinski definition) is 2. The normalized spacial score (nSPS) is 36.5. The van der Waals surface area contributed by atoms with Gasteiger partial charge in [0.2, 0.25) is 0 Å². The highest BCUT2D eigenvalue weighted by molar-refractivity contribution is 6.09. The second-order valence-corrected chi connectivity index (χ2v) is 4.93. The van der Waals surface area contributed by atoms with E-state index in [0.29, 0.717) is 11.9 Å². The Morgan fingerprint density at radius 2 is 2.31 bits per heavy atom. The monoisotopic (exact) mass is 223 g/mol. The summed E-state index contributed by atoms with van der Waals surface area (Å²) < 4.78 is 0. The topological polar surface area (TPSA) is 53.5 Å². The molecule has 2 unspecified atom stereocenters. The van der Waals surface area contributed by atoms with Gasteiger partial charge in [0.05, 0.1) is 0 Å². The van der Waals surface area contributed by atoms with Gasteiger partial charge in [0.1, 0.15) is 5.54 Å². The van der Waals surface area contributed by atoms with Gasteiger partial charge in [0.25, 0.3) is 5.91 Å². The number of carbonyl (C=O) groups excluding carboxylic acids is 1. The summed E-state index contributed by atoms with van der Waals surface area (Å²) in [6.45, 7) is 5.02. The zero-order valence-corrected chi connectivity index (χ0v) is 10.2. The summed E-state index contributed by atoms with van der Waals surface area (Å²) in [5.74, 6) is 1.20. The Kier molecular flexibility index (Phi) is 3.17. The van der Waals surface area contributed by atoms with Crippen LogP contribution in [0.25, 0.3) is 0 Å². The summed E-state index contributed by atoms with van der Waals surface area (Å²) in [7, 11) is 0. The van der Waals surface area contributed by atoms with Crippen LogP contribution in [0.1, 0.15) is 46.0 Å². The first-order valence-corrected chi connectivity index (χ1v) is 6.33. The molecule has 90 valence electrons. The van der Waals surface area contributed by atoms with Gasteiger partial charge < -0.3 is 5.32 Å². The molecule has 16 heavy (non-hydrogen) atoms. The second kappa shape index (κ2) is 4.44. The van der Waals surface area contributed by atoms with Gasteiger partial charge in [-0.2, -0.15) is 0 Å². The van der Waals surface area contributed by atoms with Crippen molar-refractivity contribution >= 4 is 11.9 Å². The number of amides is 1. The van der Waals surface area contributed by atoms with E-state index in [1.807, 2.05) is 0 Å². The number of carbonyl (C=O) groups is 1. The summed E-state index contributed by atoms with van der Waals surface area (Å²) in [6.07, 6.45) is 5.43. The number of nitrogens with zero attached hydrogens (tertiary/aromatic N) is 1. The lowest BCUT2D eigenvalue weighted by atomic mass is 9.74. The van der Waals surface area contributed by atoms with Crippen LogP contribution >= 0.6 is 0 Å². The third-order valence-corrected chi connectivity index (χ3v) is 3.77. The largest absolute Gasteiger partial charge is 0.341 e. The van der Waals surface area contributed by atoms with Crippen LogP contribution in [0, 0.1) is 5.92 Å². The van der Waals surface area contributed by atoms with Gasteiger partial charge in [0, 0.05) is 6.54 Å². The summed E-state index contributed by atoms with van der Waals surface area (Å²) in [6, 6.07) is 0. The van der Waals surface area contributed by atoms with Crippen molar-refractivity contribution in [2.24, 2.45) is 10.9 Å². The highest BCUT2D eigenvalue weighted by atomic mass is 16.2. The molecule has 2 atom stereocenters. The Morgan fingerprint density at radius 3 is 3.00 bits per heavy atom. The molecule has 0 radical (unpaired) electrons. The van der Waals surface area contributed by atoms with Gasteiger partial charge >= 0.3 is 0 Å². The number of guanidine groups is 1. The number of nitrogens with one attached hydrogen (secondary N) is 2. The highest BCUT2D eigenvalue weighted by Gasteiger charge is 2.49. The van der Waals surface area contributed by atoms with Crippen LogP contribution in [0.4, 0.5) is 0 Å². The molecular weight excluding hydrogens is 202 g/mol. The van der Waals surface area contributed by atoms with Gasteiger partial charge in [-0.15, -0.1) is 0 Å². The standard InChI is InChI=1S/C12H21N3O/c1-3-8-13-11-14-10(16)12(15-11)7-5-4-6-9(12)2/h9H,3-8H2,1-2H3,(H2,13,14,15,16). The lowest BCUT2D eigenvalue weighted by molar-refractivity contribution is -0.126. The summed E-state index contributed by atoms with van der Waals surface area (Å²) in [5.41, 5.74) is -0.370. The minimum absolute atomic E-state index is 0.120. The van der Waals surface area contributed by atoms with Crippen LogP contribution in [0.2, 0.25) is 0 Å². The van der Waals surface area contributed by atoms with Gasteiger partial charge in [-0.25, -0.2) is 0 Å². The molecule has 4 nitrogen and oxygen atoms in total. The van der Waals surface area contributed by atoms with E-state index in [0.717, 1.165) is 32.2 Å². The third-order valence-electron chi connectivity index (χ3n) is 3.77. The smallest absolute Gasteiger partial charge is 0.252 e. The van der Waals surface area contributed by atoms with E-state index in [1.165, 1.54) is 6.42 Å². The van der Waals surface area contributed by atoms with Crippen LogP contribution in [0.15, 0.2) is 4.99 Å². The van der Waals surface area contributed by atoms with Gasteiger partial charge in [-0.1, -0.05) is 26.7 Å². The summed E-state index contributed by atoms with van der Waals surface area (Å²) in [4.78, 5) is 16.4. The molecule has 0 aromatic heterocycles. The number of hydrogen-bond acceptors (Lipinski definition) is 2. The quantitative estimate of drug-likeness (QED) is 0.744.